The summed E-state index contributed by atoms with van der Waals surface area (Å²) in [7, 11) is 1.81. The third-order valence-corrected chi connectivity index (χ3v) is 3.16. The molecule has 2 rings (SSSR count). The second-order valence-corrected chi connectivity index (χ2v) is 4.45. The number of aromatic nitrogens is 2. The lowest BCUT2D eigenvalue weighted by molar-refractivity contribution is -0.120. The Hall–Kier alpha value is -1.07. The van der Waals surface area contributed by atoms with E-state index in [2.05, 4.69) is 10.4 Å². The number of nitrogens with one attached hydrogen (secondary N) is 1. The molecule has 1 aliphatic carbocycles. The molecule has 2 unspecified atom stereocenters. The predicted molar refractivity (Wildman–Crippen MR) is 69.0 cm³/mol. The summed E-state index contributed by atoms with van der Waals surface area (Å²) in [6.07, 6.45) is 5.49. The molecule has 2 atom stereocenters. The lowest BCUT2D eigenvalue weighted by Gasteiger charge is -2.25. The van der Waals surface area contributed by atoms with Gasteiger partial charge in [0.05, 0.1) is 6.20 Å². The second kappa shape index (κ2) is 6.02. The second-order valence-electron chi connectivity index (χ2n) is 4.45. The minimum absolute atomic E-state index is 0. The van der Waals surface area contributed by atoms with Crippen LogP contribution in [-0.2, 0) is 11.8 Å². The third kappa shape index (κ3) is 3.44. The van der Waals surface area contributed by atoms with E-state index >= 15 is 0 Å². The van der Waals surface area contributed by atoms with E-state index in [-0.39, 0.29) is 30.3 Å². The number of carbonyl (C=O) groups is 1. The van der Waals surface area contributed by atoms with Gasteiger partial charge in [0.2, 0.25) is 5.91 Å². The smallest absolute Gasteiger partial charge is 0.228 e. The topological polar surface area (TPSA) is 72.9 Å². The molecule has 0 spiro atoms. The Morgan fingerprint density at radius 3 is 2.94 bits per heavy atom. The van der Waals surface area contributed by atoms with Gasteiger partial charge < -0.3 is 11.1 Å². The highest BCUT2D eigenvalue weighted by atomic mass is 35.5. The highest BCUT2D eigenvalue weighted by Crippen LogP contribution is 2.24. The van der Waals surface area contributed by atoms with Crippen LogP contribution in [0, 0.1) is 5.92 Å². The largest absolute Gasteiger partial charge is 0.328 e. The van der Waals surface area contributed by atoms with Gasteiger partial charge in [0.25, 0.3) is 0 Å². The van der Waals surface area contributed by atoms with E-state index in [1.165, 1.54) is 0 Å². The number of halogens is 1. The van der Waals surface area contributed by atoms with Gasteiger partial charge in [-0.25, -0.2) is 0 Å². The van der Waals surface area contributed by atoms with Crippen LogP contribution in [0.15, 0.2) is 12.3 Å². The van der Waals surface area contributed by atoms with Crippen LogP contribution in [-0.4, -0.2) is 21.7 Å². The fraction of sp³-hybridized carbons (Fsp3) is 0.636. The van der Waals surface area contributed by atoms with Gasteiger partial charge in [-0.15, -0.1) is 12.4 Å². The lowest BCUT2D eigenvalue weighted by Crippen LogP contribution is -2.34. The molecule has 1 aromatic rings. The van der Waals surface area contributed by atoms with E-state index in [1.54, 1.807) is 16.9 Å². The van der Waals surface area contributed by atoms with Crippen molar-refractivity contribution in [1.82, 2.24) is 9.78 Å². The molecule has 1 aliphatic rings. The minimum Gasteiger partial charge on any atom is -0.328 e. The van der Waals surface area contributed by atoms with Crippen LogP contribution in [0.5, 0.6) is 0 Å². The van der Waals surface area contributed by atoms with Gasteiger partial charge in [-0.2, -0.15) is 5.10 Å². The van der Waals surface area contributed by atoms with Gasteiger partial charge in [-0.1, -0.05) is 6.42 Å². The van der Waals surface area contributed by atoms with Crippen molar-refractivity contribution in [3.05, 3.63) is 12.3 Å². The van der Waals surface area contributed by atoms with Crippen molar-refractivity contribution in [2.45, 2.75) is 31.7 Å². The lowest BCUT2D eigenvalue weighted by atomic mass is 9.85. The van der Waals surface area contributed by atoms with Crippen LogP contribution >= 0.6 is 12.4 Å². The molecule has 0 saturated heterocycles. The summed E-state index contributed by atoms with van der Waals surface area (Å²) in [5, 5.41) is 6.89. The number of hydrogen-bond donors (Lipinski definition) is 2. The van der Waals surface area contributed by atoms with Crippen LogP contribution < -0.4 is 11.1 Å². The fourth-order valence-electron chi connectivity index (χ4n) is 2.19. The summed E-state index contributed by atoms with van der Waals surface area (Å²) >= 11 is 0. The van der Waals surface area contributed by atoms with Gasteiger partial charge in [-0.3, -0.25) is 9.48 Å². The Bertz CT molecular complexity index is 379. The van der Waals surface area contributed by atoms with Crippen molar-refractivity contribution < 1.29 is 4.79 Å². The van der Waals surface area contributed by atoms with Gasteiger partial charge in [0.15, 0.2) is 0 Å². The molecule has 0 radical (unpaired) electrons. The minimum atomic E-state index is 0. The average molecular weight is 259 g/mol. The number of carbonyl (C=O) groups excluding carboxylic acids is 1. The molecular formula is C11H19ClN4O. The van der Waals surface area contributed by atoms with Crippen molar-refractivity contribution >= 4 is 24.1 Å². The molecule has 1 amide bonds. The molecule has 17 heavy (non-hydrogen) atoms. The first-order chi connectivity index (χ1) is 7.66. The summed E-state index contributed by atoms with van der Waals surface area (Å²) in [4.78, 5) is 12.0. The van der Waals surface area contributed by atoms with E-state index in [9.17, 15) is 4.79 Å². The van der Waals surface area contributed by atoms with Crippen molar-refractivity contribution in [2.24, 2.45) is 18.7 Å². The number of hydrogen-bond acceptors (Lipinski definition) is 3. The molecule has 1 fully saturated rings. The van der Waals surface area contributed by atoms with Crippen LogP contribution in [0.3, 0.4) is 0 Å². The zero-order chi connectivity index (χ0) is 11.5. The van der Waals surface area contributed by atoms with E-state index in [4.69, 9.17) is 5.73 Å². The highest BCUT2D eigenvalue weighted by Gasteiger charge is 2.25. The Morgan fingerprint density at radius 2 is 2.35 bits per heavy atom. The predicted octanol–water partition coefficient (Wildman–Crippen LogP) is 1.30. The zero-order valence-electron chi connectivity index (χ0n) is 9.93. The number of nitrogens with two attached hydrogens (primary N) is 1. The third-order valence-electron chi connectivity index (χ3n) is 3.16. The molecule has 1 saturated carbocycles. The van der Waals surface area contributed by atoms with E-state index < -0.39 is 0 Å². The van der Waals surface area contributed by atoms with Crippen molar-refractivity contribution in [2.75, 3.05) is 5.32 Å². The first kappa shape index (κ1) is 14.0. The number of anilines is 1. The summed E-state index contributed by atoms with van der Waals surface area (Å²) in [6.45, 7) is 0. The number of amides is 1. The molecule has 0 aliphatic heterocycles. The Morgan fingerprint density at radius 1 is 1.59 bits per heavy atom. The molecule has 5 nitrogen and oxygen atoms in total. The Labute approximate surface area is 107 Å². The SMILES string of the molecule is Cl.Cn1nccc1NC(=O)C1CCCC(N)C1. The number of aryl methyl sites for hydroxylation is 1. The van der Waals surface area contributed by atoms with Crippen molar-refractivity contribution in [3.8, 4) is 0 Å². The van der Waals surface area contributed by atoms with E-state index in [0.717, 1.165) is 31.5 Å². The monoisotopic (exact) mass is 258 g/mol. The van der Waals surface area contributed by atoms with Crippen LogP contribution in [0.25, 0.3) is 0 Å². The maximum absolute atomic E-state index is 12.0. The highest BCUT2D eigenvalue weighted by molar-refractivity contribution is 5.91. The van der Waals surface area contributed by atoms with Gasteiger partial charge in [-0.05, 0) is 19.3 Å². The van der Waals surface area contributed by atoms with Crippen LogP contribution in [0.2, 0.25) is 0 Å². The van der Waals surface area contributed by atoms with Gasteiger partial charge in [0, 0.05) is 25.1 Å². The van der Waals surface area contributed by atoms with E-state index in [1.807, 2.05) is 7.05 Å². The van der Waals surface area contributed by atoms with Crippen LogP contribution in [0.1, 0.15) is 25.7 Å². The zero-order valence-corrected chi connectivity index (χ0v) is 10.7. The summed E-state index contributed by atoms with van der Waals surface area (Å²) in [6, 6.07) is 1.97. The van der Waals surface area contributed by atoms with Crippen molar-refractivity contribution in [3.63, 3.8) is 0 Å². The van der Waals surface area contributed by atoms with Gasteiger partial charge >= 0.3 is 0 Å². The summed E-state index contributed by atoms with van der Waals surface area (Å²) < 4.78 is 1.65. The summed E-state index contributed by atoms with van der Waals surface area (Å²) in [5.74, 6) is 0.863. The maximum Gasteiger partial charge on any atom is 0.228 e. The first-order valence-electron chi connectivity index (χ1n) is 5.71. The molecule has 0 bridgehead atoms. The summed E-state index contributed by atoms with van der Waals surface area (Å²) in [5.41, 5.74) is 5.87. The van der Waals surface area contributed by atoms with E-state index in [0.29, 0.717) is 0 Å². The fourth-order valence-corrected chi connectivity index (χ4v) is 2.19. The standard InChI is InChI=1S/C11H18N4O.ClH/c1-15-10(5-6-13-15)14-11(16)8-3-2-4-9(12)7-8;/h5-6,8-9H,2-4,7,12H2,1H3,(H,14,16);1H. The normalized spacial score (nSPS) is 23.9. The average Bonchev–Trinajstić information content (AvgIpc) is 2.64. The molecule has 1 aromatic heterocycles. The molecule has 1 heterocycles. The van der Waals surface area contributed by atoms with Crippen LogP contribution in [0.4, 0.5) is 5.82 Å². The molecule has 6 heteroatoms. The van der Waals surface area contributed by atoms with Gasteiger partial charge in [0.1, 0.15) is 5.82 Å². The Balaban J connectivity index is 0.00000144. The number of rotatable bonds is 2. The molecule has 0 aromatic carbocycles. The van der Waals surface area contributed by atoms with Crippen molar-refractivity contribution in [1.29, 1.82) is 0 Å². The molecule has 3 N–H and O–H groups in total. The number of nitrogens with zero attached hydrogens (tertiary/aromatic N) is 2. The molecular weight excluding hydrogens is 240 g/mol. The quantitative estimate of drug-likeness (QED) is 0.840. The first-order valence-corrected chi connectivity index (χ1v) is 5.71. The maximum atomic E-state index is 12.0. The Kier molecular flexibility index (Phi) is 4.96. The molecule has 96 valence electrons.